The molecule has 2 heteroatoms. The number of aryl methyl sites for hydroxylation is 1. The molecular weight excluding hydrogens is 216 g/mol. The molecule has 1 heterocycles. The summed E-state index contributed by atoms with van der Waals surface area (Å²) in [6, 6.07) is 6.38. The molecular formula is C10H11BrO. The van der Waals surface area contributed by atoms with Crippen molar-refractivity contribution in [3.05, 3.63) is 33.8 Å². The van der Waals surface area contributed by atoms with Gasteiger partial charge in [-0.3, -0.25) is 0 Å². The van der Waals surface area contributed by atoms with E-state index in [4.69, 9.17) is 4.74 Å². The van der Waals surface area contributed by atoms with Crippen molar-refractivity contribution in [2.45, 2.75) is 19.4 Å². The van der Waals surface area contributed by atoms with E-state index in [1.165, 1.54) is 11.1 Å². The molecule has 1 fully saturated rings. The van der Waals surface area contributed by atoms with Crippen molar-refractivity contribution in [3.63, 3.8) is 0 Å². The number of ether oxygens (including phenoxy) is 1. The fourth-order valence-corrected chi connectivity index (χ4v) is 2.23. The minimum Gasteiger partial charge on any atom is -0.365 e. The van der Waals surface area contributed by atoms with E-state index in [1.54, 1.807) is 0 Å². The Hall–Kier alpha value is -0.340. The van der Waals surface area contributed by atoms with E-state index >= 15 is 0 Å². The van der Waals surface area contributed by atoms with E-state index in [-0.39, 0.29) is 5.60 Å². The van der Waals surface area contributed by atoms with Crippen LogP contribution in [0.2, 0.25) is 0 Å². The molecule has 1 saturated heterocycles. The first-order chi connectivity index (χ1) is 5.62. The van der Waals surface area contributed by atoms with E-state index in [0.29, 0.717) is 0 Å². The molecule has 1 unspecified atom stereocenters. The Morgan fingerprint density at radius 3 is 2.67 bits per heavy atom. The SMILES string of the molecule is Cc1ccc(C2(C)CO2)c(Br)c1. The number of benzene rings is 1. The van der Waals surface area contributed by atoms with Crippen LogP contribution in [0, 0.1) is 6.92 Å². The van der Waals surface area contributed by atoms with Gasteiger partial charge in [0.2, 0.25) is 0 Å². The van der Waals surface area contributed by atoms with Crippen molar-refractivity contribution >= 4 is 15.9 Å². The summed E-state index contributed by atoms with van der Waals surface area (Å²) in [5, 5.41) is 0. The number of halogens is 1. The Morgan fingerprint density at radius 1 is 1.50 bits per heavy atom. The quantitative estimate of drug-likeness (QED) is 0.672. The molecule has 1 aromatic carbocycles. The van der Waals surface area contributed by atoms with Crippen molar-refractivity contribution in [1.82, 2.24) is 0 Å². The van der Waals surface area contributed by atoms with Gasteiger partial charge in [0.25, 0.3) is 0 Å². The molecule has 1 aliphatic heterocycles. The molecule has 12 heavy (non-hydrogen) atoms. The van der Waals surface area contributed by atoms with Gasteiger partial charge in [-0.05, 0) is 25.5 Å². The largest absolute Gasteiger partial charge is 0.365 e. The molecule has 0 aliphatic carbocycles. The summed E-state index contributed by atoms with van der Waals surface area (Å²) in [5.74, 6) is 0. The van der Waals surface area contributed by atoms with Gasteiger partial charge in [0.1, 0.15) is 5.60 Å². The predicted molar refractivity (Wildman–Crippen MR) is 52.2 cm³/mol. The van der Waals surface area contributed by atoms with Crippen LogP contribution in [0.25, 0.3) is 0 Å². The summed E-state index contributed by atoms with van der Waals surface area (Å²) >= 11 is 3.54. The fourth-order valence-electron chi connectivity index (χ4n) is 1.31. The second kappa shape index (κ2) is 2.57. The summed E-state index contributed by atoms with van der Waals surface area (Å²) in [7, 11) is 0. The number of rotatable bonds is 1. The highest BCUT2D eigenvalue weighted by Crippen LogP contribution is 2.41. The summed E-state index contributed by atoms with van der Waals surface area (Å²) < 4.78 is 6.53. The smallest absolute Gasteiger partial charge is 0.115 e. The summed E-state index contributed by atoms with van der Waals surface area (Å²) in [5.41, 5.74) is 2.51. The Bertz CT molecular complexity index is 316. The van der Waals surface area contributed by atoms with E-state index in [2.05, 4.69) is 48.0 Å². The molecule has 1 nitrogen and oxygen atoms in total. The van der Waals surface area contributed by atoms with Gasteiger partial charge in [0.15, 0.2) is 0 Å². The predicted octanol–water partition coefficient (Wildman–Crippen LogP) is 3.00. The zero-order chi connectivity index (χ0) is 8.77. The van der Waals surface area contributed by atoms with Crippen molar-refractivity contribution in [2.24, 2.45) is 0 Å². The zero-order valence-corrected chi connectivity index (χ0v) is 8.81. The lowest BCUT2D eigenvalue weighted by Gasteiger charge is -2.08. The van der Waals surface area contributed by atoms with E-state index in [9.17, 15) is 0 Å². The van der Waals surface area contributed by atoms with E-state index < -0.39 is 0 Å². The first kappa shape index (κ1) is 8.27. The lowest BCUT2D eigenvalue weighted by atomic mass is 10.0. The Kier molecular flexibility index (Phi) is 1.77. The van der Waals surface area contributed by atoms with Crippen LogP contribution in [0.1, 0.15) is 18.1 Å². The van der Waals surface area contributed by atoms with Crippen LogP contribution in [-0.4, -0.2) is 6.61 Å². The third-order valence-corrected chi connectivity index (χ3v) is 2.93. The molecule has 0 N–H and O–H groups in total. The maximum absolute atomic E-state index is 5.37. The third kappa shape index (κ3) is 1.29. The molecule has 0 spiro atoms. The minimum atomic E-state index is -0.0213. The van der Waals surface area contributed by atoms with Gasteiger partial charge in [-0.2, -0.15) is 0 Å². The second-order valence-electron chi connectivity index (χ2n) is 3.50. The third-order valence-electron chi connectivity index (χ3n) is 2.27. The molecule has 0 radical (unpaired) electrons. The average molecular weight is 227 g/mol. The van der Waals surface area contributed by atoms with Crippen LogP contribution in [-0.2, 0) is 10.3 Å². The Morgan fingerprint density at radius 2 is 2.17 bits per heavy atom. The van der Waals surface area contributed by atoms with E-state index in [0.717, 1.165) is 11.1 Å². The van der Waals surface area contributed by atoms with Gasteiger partial charge in [-0.25, -0.2) is 0 Å². The first-order valence-electron chi connectivity index (χ1n) is 4.02. The molecule has 0 bridgehead atoms. The highest BCUT2D eigenvalue weighted by Gasteiger charge is 2.42. The first-order valence-corrected chi connectivity index (χ1v) is 4.82. The van der Waals surface area contributed by atoms with Gasteiger partial charge >= 0.3 is 0 Å². The topological polar surface area (TPSA) is 12.5 Å². The van der Waals surface area contributed by atoms with Crippen molar-refractivity contribution < 1.29 is 4.74 Å². The lowest BCUT2D eigenvalue weighted by Crippen LogP contribution is -2.02. The molecule has 1 aromatic rings. The van der Waals surface area contributed by atoms with Crippen LogP contribution in [0.4, 0.5) is 0 Å². The zero-order valence-electron chi connectivity index (χ0n) is 7.23. The van der Waals surface area contributed by atoms with Gasteiger partial charge in [0, 0.05) is 10.0 Å². The van der Waals surface area contributed by atoms with E-state index in [1.807, 2.05) is 0 Å². The van der Waals surface area contributed by atoms with Crippen LogP contribution < -0.4 is 0 Å². The van der Waals surface area contributed by atoms with Crippen molar-refractivity contribution in [2.75, 3.05) is 6.61 Å². The Labute approximate surface area is 80.9 Å². The van der Waals surface area contributed by atoms with Gasteiger partial charge < -0.3 is 4.74 Å². The molecule has 2 rings (SSSR count). The number of hydrogen-bond acceptors (Lipinski definition) is 1. The molecule has 64 valence electrons. The monoisotopic (exact) mass is 226 g/mol. The molecule has 1 aliphatic rings. The summed E-state index contributed by atoms with van der Waals surface area (Å²) in [6.07, 6.45) is 0. The van der Waals surface area contributed by atoms with Crippen LogP contribution in [0.3, 0.4) is 0 Å². The number of hydrogen-bond donors (Lipinski definition) is 0. The van der Waals surface area contributed by atoms with Crippen LogP contribution in [0.5, 0.6) is 0 Å². The van der Waals surface area contributed by atoms with Crippen LogP contribution in [0.15, 0.2) is 22.7 Å². The lowest BCUT2D eigenvalue weighted by molar-refractivity contribution is 0.328. The van der Waals surface area contributed by atoms with Crippen molar-refractivity contribution in [3.8, 4) is 0 Å². The standard InChI is InChI=1S/C10H11BrO/c1-7-3-4-8(9(11)5-7)10(2)6-12-10/h3-5H,6H2,1-2H3. The average Bonchev–Trinajstić information content (AvgIpc) is 2.68. The highest BCUT2D eigenvalue weighted by molar-refractivity contribution is 9.10. The van der Waals surface area contributed by atoms with Crippen molar-refractivity contribution in [1.29, 1.82) is 0 Å². The minimum absolute atomic E-state index is 0.0213. The maximum atomic E-state index is 5.37. The van der Waals surface area contributed by atoms with Gasteiger partial charge in [-0.1, -0.05) is 28.1 Å². The number of epoxide rings is 1. The maximum Gasteiger partial charge on any atom is 0.115 e. The molecule has 1 atom stereocenters. The molecule has 0 saturated carbocycles. The molecule has 0 aromatic heterocycles. The highest BCUT2D eigenvalue weighted by atomic mass is 79.9. The van der Waals surface area contributed by atoms with Crippen LogP contribution >= 0.6 is 15.9 Å². The van der Waals surface area contributed by atoms with Gasteiger partial charge in [-0.15, -0.1) is 0 Å². The van der Waals surface area contributed by atoms with Gasteiger partial charge in [0.05, 0.1) is 6.61 Å². The fraction of sp³-hybridized carbons (Fsp3) is 0.400. The normalized spacial score (nSPS) is 27.2. The second-order valence-corrected chi connectivity index (χ2v) is 4.36. The summed E-state index contributed by atoms with van der Waals surface area (Å²) in [6.45, 7) is 5.04. The Balaban J connectivity index is 2.45. The molecule has 0 amide bonds. The summed E-state index contributed by atoms with van der Waals surface area (Å²) in [4.78, 5) is 0.